The summed E-state index contributed by atoms with van der Waals surface area (Å²) in [5, 5.41) is 10.3. The highest BCUT2D eigenvalue weighted by atomic mass is 16.5. The zero-order valence-corrected chi connectivity index (χ0v) is 19.8. The van der Waals surface area contributed by atoms with Gasteiger partial charge in [0.05, 0.1) is 10.9 Å². The van der Waals surface area contributed by atoms with Crippen LogP contribution in [0, 0.1) is 6.92 Å². The average molecular weight is 455 g/mol. The standard InChI is InChI=1S/C23H24N2O6.C2H6/c1-14-11-19(27)21(23(29)25(14)4)18(26)7-5-15-13-31-20-8-6-16(12-17(20)22(15)28)30-10-9-24(2)3;1-2/h5-8,11-13,27H,9-10H2,1-4H3;1-2H3/b7-5+;. The third-order valence-corrected chi connectivity index (χ3v) is 4.89. The summed E-state index contributed by atoms with van der Waals surface area (Å²) in [5.74, 6) is -0.578. The van der Waals surface area contributed by atoms with Crippen molar-refractivity contribution in [3.8, 4) is 11.5 Å². The number of ketones is 1. The molecule has 0 aliphatic rings. The Balaban J connectivity index is 0.00000187. The van der Waals surface area contributed by atoms with Crippen molar-refractivity contribution in [3.05, 3.63) is 74.0 Å². The smallest absolute Gasteiger partial charge is 0.265 e. The molecular weight excluding hydrogens is 424 g/mol. The lowest BCUT2D eigenvalue weighted by molar-refractivity contribution is 0.104. The van der Waals surface area contributed by atoms with Gasteiger partial charge in [0.25, 0.3) is 5.56 Å². The van der Waals surface area contributed by atoms with Crippen LogP contribution in [0.5, 0.6) is 11.5 Å². The van der Waals surface area contributed by atoms with Gasteiger partial charge in [-0.2, -0.15) is 0 Å². The van der Waals surface area contributed by atoms with Crippen LogP contribution < -0.4 is 15.7 Å². The van der Waals surface area contributed by atoms with E-state index >= 15 is 0 Å². The van der Waals surface area contributed by atoms with Gasteiger partial charge in [-0.25, -0.2) is 0 Å². The molecule has 0 saturated heterocycles. The fourth-order valence-electron chi connectivity index (χ4n) is 2.96. The Labute approximate surface area is 192 Å². The number of nitrogens with zero attached hydrogens (tertiary/aromatic N) is 2. The van der Waals surface area contributed by atoms with Crippen molar-refractivity contribution in [1.82, 2.24) is 9.47 Å². The number of hydrogen-bond acceptors (Lipinski definition) is 7. The van der Waals surface area contributed by atoms with Gasteiger partial charge < -0.3 is 23.7 Å². The third-order valence-electron chi connectivity index (χ3n) is 4.89. The van der Waals surface area contributed by atoms with Crippen molar-refractivity contribution in [1.29, 1.82) is 0 Å². The lowest BCUT2D eigenvalue weighted by atomic mass is 10.1. The Hall–Kier alpha value is -3.65. The molecule has 2 aromatic heterocycles. The molecule has 0 fully saturated rings. The summed E-state index contributed by atoms with van der Waals surface area (Å²) in [6.45, 7) is 6.83. The van der Waals surface area contributed by atoms with Gasteiger partial charge in [0.1, 0.15) is 35.5 Å². The average Bonchev–Trinajstić information content (AvgIpc) is 2.78. The van der Waals surface area contributed by atoms with E-state index in [1.165, 1.54) is 30.0 Å². The van der Waals surface area contributed by atoms with Crippen molar-refractivity contribution in [2.24, 2.45) is 7.05 Å². The van der Waals surface area contributed by atoms with Crippen molar-refractivity contribution < 1.29 is 19.1 Å². The molecule has 2 heterocycles. The van der Waals surface area contributed by atoms with Gasteiger partial charge in [-0.05, 0) is 51.4 Å². The number of aromatic hydroxyl groups is 1. The summed E-state index contributed by atoms with van der Waals surface area (Å²) in [6, 6.07) is 6.30. The number of hydrogen-bond donors (Lipinski definition) is 1. The number of aryl methyl sites for hydroxylation is 1. The highest BCUT2D eigenvalue weighted by Gasteiger charge is 2.16. The molecule has 1 N–H and O–H groups in total. The Morgan fingerprint density at radius 2 is 1.91 bits per heavy atom. The summed E-state index contributed by atoms with van der Waals surface area (Å²) in [6.07, 6.45) is 3.58. The molecule has 0 spiro atoms. The van der Waals surface area contributed by atoms with Crippen LogP contribution in [0.4, 0.5) is 0 Å². The molecule has 3 rings (SSSR count). The highest BCUT2D eigenvalue weighted by molar-refractivity contribution is 6.08. The first kappa shape index (κ1) is 25.6. The minimum Gasteiger partial charge on any atom is -0.507 e. The summed E-state index contributed by atoms with van der Waals surface area (Å²) in [4.78, 5) is 39.7. The maximum absolute atomic E-state index is 12.8. The van der Waals surface area contributed by atoms with Crippen LogP contribution in [0.1, 0.15) is 35.5 Å². The maximum Gasteiger partial charge on any atom is 0.265 e. The van der Waals surface area contributed by atoms with Gasteiger partial charge in [-0.1, -0.05) is 13.8 Å². The van der Waals surface area contributed by atoms with E-state index in [9.17, 15) is 19.5 Å². The van der Waals surface area contributed by atoms with Crippen LogP contribution in [0.15, 0.2) is 50.6 Å². The molecule has 33 heavy (non-hydrogen) atoms. The molecular formula is C25H30N2O6. The van der Waals surface area contributed by atoms with E-state index in [1.54, 1.807) is 25.1 Å². The number of benzene rings is 1. The zero-order chi connectivity index (χ0) is 24.7. The lowest BCUT2D eigenvalue weighted by Gasteiger charge is -2.11. The fraction of sp³-hybridized carbons (Fsp3) is 0.320. The van der Waals surface area contributed by atoms with Gasteiger partial charge in [-0.3, -0.25) is 14.4 Å². The van der Waals surface area contributed by atoms with Crippen molar-refractivity contribution in [2.45, 2.75) is 20.8 Å². The number of carbonyl (C=O) groups excluding carboxylic acids is 1. The lowest BCUT2D eigenvalue weighted by Crippen LogP contribution is -2.25. The molecule has 176 valence electrons. The van der Waals surface area contributed by atoms with E-state index in [0.29, 0.717) is 29.0 Å². The molecule has 0 saturated carbocycles. The highest BCUT2D eigenvalue weighted by Crippen LogP contribution is 2.20. The third kappa shape index (κ3) is 5.98. The Morgan fingerprint density at radius 3 is 2.58 bits per heavy atom. The molecule has 0 radical (unpaired) electrons. The largest absolute Gasteiger partial charge is 0.507 e. The van der Waals surface area contributed by atoms with Gasteiger partial charge in [0.2, 0.25) is 0 Å². The SMILES string of the molecule is CC.Cc1cc(O)c(C(=O)/C=C/c2coc3ccc(OCCN(C)C)cc3c2=O)c(=O)n1C. The molecule has 0 atom stereocenters. The molecule has 0 aliphatic heterocycles. The van der Waals surface area contributed by atoms with Crippen molar-refractivity contribution in [2.75, 3.05) is 27.2 Å². The topological polar surface area (TPSA) is 102 Å². The Morgan fingerprint density at radius 1 is 1.21 bits per heavy atom. The minimum absolute atomic E-state index is 0.134. The maximum atomic E-state index is 12.8. The fourth-order valence-corrected chi connectivity index (χ4v) is 2.96. The summed E-state index contributed by atoms with van der Waals surface area (Å²) in [7, 11) is 5.38. The van der Waals surface area contributed by atoms with E-state index in [2.05, 4.69) is 0 Å². The minimum atomic E-state index is -0.710. The van der Waals surface area contributed by atoms with Gasteiger partial charge >= 0.3 is 0 Å². The van der Waals surface area contributed by atoms with Crippen molar-refractivity contribution >= 4 is 22.8 Å². The number of carbonyl (C=O) groups is 1. The number of allylic oxidation sites excluding steroid dienone is 1. The number of aromatic nitrogens is 1. The van der Waals surface area contributed by atoms with E-state index in [0.717, 1.165) is 12.6 Å². The number of pyridine rings is 1. The van der Waals surface area contributed by atoms with Gasteiger partial charge in [0.15, 0.2) is 11.2 Å². The van der Waals surface area contributed by atoms with E-state index in [4.69, 9.17) is 9.15 Å². The van der Waals surface area contributed by atoms with Crippen LogP contribution >= 0.6 is 0 Å². The molecule has 3 aromatic rings. The summed E-state index contributed by atoms with van der Waals surface area (Å²) < 4.78 is 12.4. The van der Waals surface area contributed by atoms with E-state index < -0.39 is 17.1 Å². The summed E-state index contributed by atoms with van der Waals surface area (Å²) >= 11 is 0. The van der Waals surface area contributed by atoms with Crippen LogP contribution in [-0.2, 0) is 7.05 Å². The Bertz CT molecular complexity index is 1280. The molecule has 8 nitrogen and oxygen atoms in total. The number of fused-ring (bicyclic) bond motifs is 1. The Kier molecular flexibility index (Phi) is 8.76. The predicted molar refractivity (Wildman–Crippen MR) is 129 cm³/mol. The predicted octanol–water partition coefficient (Wildman–Crippen LogP) is 3.37. The first-order valence-corrected chi connectivity index (χ1v) is 10.6. The normalized spacial score (nSPS) is 11.0. The van der Waals surface area contributed by atoms with Crippen LogP contribution in [0.3, 0.4) is 0 Å². The van der Waals surface area contributed by atoms with Crippen LogP contribution in [0.2, 0.25) is 0 Å². The number of ether oxygens (including phenoxy) is 1. The van der Waals surface area contributed by atoms with Crippen LogP contribution in [0.25, 0.3) is 17.0 Å². The first-order chi connectivity index (χ1) is 15.7. The van der Waals surface area contributed by atoms with Crippen molar-refractivity contribution in [3.63, 3.8) is 0 Å². The second-order valence-corrected chi connectivity index (χ2v) is 7.44. The quantitative estimate of drug-likeness (QED) is 0.431. The molecule has 8 heteroatoms. The van der Waals surface area contributed by atoms with E-state index in [1.807, 2.05) is 32.8 Å². The monoisotopic (exact) mass is 454 g/mol. The van der Waals surface area contributed by atoms with E-state index in [-0.39, 0.29) is 16.6 Å². The molecule has 0 bridgehead atoms. The number of rotatable bonds is 7. The first-order valence-electron chi connectivity index (χ1n) is 10.6. The molecule has 0 amide bonds. The summed E-state index contributed by atoms with van der Waals surface area (Å²) in [5.41, 5.74) is -0.275. The molecule has 0 unspecified atom stereocenters. The van der Waals surface area contributed by atoms with Gasteiger partial charge in [0, 0.05) is 25.4 Å². The second-order valence-electron chi connectivity index (χ2n) is 7.44. The van der Waals surface area contributed by atoms with Gasteiger partial charge in [-0.15, -0.1) is 0 Å². The molecule has 0 aliphatic carbocycles. The van der Waals surface area contributed by atoms with Crippen LogP contribution in [-0.4, -0.2) is 47.6 Å². The second kappa shape index (κ2) is 11.3. The zero-order valence-electron chi connectivity index (χ0n) is 19.8. The number of likely N-dealkylation sites (N-methyl/N-ethyl adjacent to an activating group) is 1. The molecule has 1 aromatic carbocycles.